The van der Waals surface area contributed by atoms with Gasteiger partial charge in [-0.05, 0) is 39.2 Å². The fraction of sp³-hybridized carbons (Fsp3) is 0.909. The van der Waals surface area contributed by atoms with E-state index in [1.807, 2.05) is 0 Å². The SMILES string of the molecule is CC(CCCO)NCCCCCC(=O)O. The Morgan fingerprint density at radius 1 is 1.27 bits per heavy atom. The molecular weight excluding hydrogens is 194 g/mol. The second kappa shape index (κ2) is 9.93. The molecule has 0 aromatic heterocycles. The molecule has 0 aliphatic heterocycles. The average Bonchev–Trinajstić information content (AvgIpc) is 2.19. The lowest BCUT2D eigenvalue weighted by atomic mass is 10.1. The van der Waals surface area contributed by atoms with Crippen LogP contribution in [0.2, 0.25) is 0 Å². The number of aliphatic hydroxyl groups excluding tert-OH is 1. The highest BCUT2D eigenvalue weighted by Gasteiger charge is 2.00. The number of carboxylic acids is 1. The molecule has 0 rings (SSSR count). The molecule has 0 aliphatic rings. The molecule has 1 atom stereocenters. The van der Waals surface area contributed by atoms with E-state index >= 15 is 0 Å². The summed E-state index contributed by atoms with van der Waals surface area (Å²) in [4.78, 5) is 10.2. The molecule has 0 saturated heterocycles. The van der Waals surface area contributed by atoms with Gasteiger partial charge in [0.25, 0.3) is 0 Å². The molecule has 0 heterocycles. The van der Waals surface area contributed by atoms with Crippen LogP contribution >= 0.6 is 0 Å². The maximum absolute atomic E-state index is 10.2. The van der Waals surface area contributed by atoms with Crippen molar-refractivity contribution in [3.8, 4) is 0 Å². The molecule has 0 aromatic carbocycles. The largest absolute Gasteiger partial charge is 0.481 e. The van der Waals surface area contributed by atoms with Gasteiger partial charge < -0.3 is 15.5 Å². The Labute approximate surface area is 91.7 Å². The molecule has 1 unspecified atom stereocenters. The van der Waals surface area contributed by atoms with Crippen molar-refractivity contribution >= 4 is 5.97 Å². The zero-order chi connectivity index (χ0) is 11.5. The number of aliphatic carboxylic acids is 1. The summed E-state index contributed by atoms with van der Waals surface area (Å²) >= 11 is 0. The van der Waals surface area contributed by atoms with Gasteiger partial charge in [0.1, 0.15) is 0 Å². The van der Waals surface area contributed by atoms with Crippen LogP contribution in [0.15, 0.2) is 0 Å². The molecule has 0 aromatic rings. The molecular formula is C11H23NO3. The third-order valence-corrected chi connectivity index (χ3v) is 2.36. The van der Waals surface area contributed by atoms with Crippen molar-refractivity contribution < 1.29 is 15.0 Å². The molecule has 0 radical (unpaired) electrons. The number of aliphatic hydroxyl groups is 1. The van der Waals surface area contributed by atoms with E-state index in [1.54, 1.807) is 0 Å². The van der Waals surface area contributed by atoms with Crippen LogP contribution < -0.4 is 5.32 Å². The molecule has 0 fully saturated rings. The molecule has 0 spiro atoms. The predicted molar refractivity (Wildman–Crippen MR) is 59.9 cm³/mol. The second-order valence-corrected chi connectivity index (χ2v) is 3.93. The van der Waals surface area contributed by atoms with Crippen LogP contribution in [0.25, 0.3) is 0 Å². The smallest absolute Gasteiger partial charge is 0.303 e. The molecule has 4 heteroatoms. The van der Waals surface area contributed by atoms with Crippen molar-refractivity contribution in [2.24, 2.45) is 0 Å². The van der Waals surface area contributed by atoms with Crippen LogP contribution in [0.3, 0.4) is 0 Å². The number of rotatable bonds is 10. The third kappa shape index (κ3) is 11.3. The number of carbonyl (C=O) groups is 1. The van der Waals surface area contributed by atoms with Crippen molar-refractivity contribution in [2.45, 2.75) is 51.5 Å². The Morgan fingerprint density at radius 3 is 2.60 bits per heavy atom. The van der Waals surface area contributed by atoms with E-state index in [0.717, 1.165) is 38.6 Å². The highest BCUT2D eigenvalue weighted by atomic mass is 16.4. The lowest BCUT2D eigenvalue weighted by Crippen LogP contribution is -2.27. The summed E-state index contributed by atoms with van der Waals surface area (Å²) in [5, 5.41) is 20.4. The summed E-state index contributed by atoms with van der Waals surface area (Å²) in [7, 11) is 0. The Balaban J connectivity index is 3.12. The highest BCUT2D eigenvalue weighted by Crippen LogP contribution is 2.00. The van der Waals surface area contributed by atoms with E-state index in [4.69, 9.17) is 10.2 Å². The van der Waals surface area contributed by atoms with Crippen LogP contribution in [0.5, 0.6) is 0 Å². The van der Waals surface area contributed by atoms with E-state index in [1.165, 1.54) is 0 Å². The Kier molecular flexibility index (Phi) is 9.52. The topological polar surface area (TPSA) is 69.6 Å². The van der Waals surface area contributed by atoms with Crippen molar-refractivity contribution in [3.05, 3.63) is 0 Å². The predicted octanol–water partition coefficient (Wildman–Crippen LogP) is 1.38. The van der Waals surface area contributed by atoms with E-state index < -0.39 is 5.97 Å². The first-order valence-electron chi connectivity index (χ1n) is 5.73. The quantitative estimate of drug-likeness (QED) is 0.484. The molecule has 4 nitrogen and oxygen atoms in total. The van der Waals surface area contributed by atoms with Gasteiger partial charge in [-0.2, -0.15) is 0 Å². The van der Waals surface area contributed by atoms with Gasteiger partial charge in [0.15, 0.2) is 0 Å². The minimum Gasteiger partial charge on any atom is -0.481 e. The van der Waals surface area contributed by atoms with Crippen LogP contribution in [0, 0.1) is 0 Å². The van der Waals surface area contributed by atoms with Gasteiger partial charge in [-0.25, -0.2) is 0 Å². The minimum atomic E-state index is -0.709. The Morgan fingerprint density at radius 2 is 2.00 bits per heavy atom. The van der Waals surface area contributed by atoms with Crippen molar-refractivity contribution in [3.63, 3.8) is 0 Å². The first kappa shape index (κ1) is 14.4. The summed E-state index contributed by atoms with van der Waals surface area (Å²) in [5.74, 6) is -0.709. The van der Waals surface area contributed by atoms with Gasteiger partial charge in [0, 0.05) is 19.1 Å². The maximum Gasteiger partial charge on any atom is 0.303 e. The average molecular weight is 217 g/mol. The molecule has 0 bridgehead atoms. The molecule has 0 aliphatic carbocycles. The summed E-state index contributed by atoms with van der Waals surface area (Å²) < 4.78 is 0. The van der Waals surface area contributed by atoms with Crippen molar-refractivity contribution in [2.75, 3.05) is 13.2 Å². The van der Waals surface area contributed by atoms with E-state index in [0.29, 0.717) is 6.04 Å². The highest BCUT2D eigenvalue weighted by molar-refractivity contribution is 5.66. The maximum atomic E-state index is 10.2. The molecule has 0 saturated carbocycles. The van der Waals surface area contributed by atoms with Crippen LogP contribution in [0.4, 0.5) is 0 Å². The van der Waals surface area contributed by atoms with Gasteiger partial charge in [0.2, 0.25) is 0 Å². The Bertz CT molecular complexity index is 162. The van der Waals surface area contributed by atoms with Gasteiger partial charge in [0.05, 0.1) is 0 Å². The number of hydrogen-bond acceptors (Lipinski definition) is 3. The van der Waals surface area contributed by atoms with E-state index in [-0.39, 0.29) is 13.0 Å². The van der Waals surface area contributed by atoms with Gasteiger partial charge in [-0.1, -0.05) is 6.42 Å². The zero-order valence-electron chi connectivity index (χ0n) is 9.54. The second-order valence-electron chi connectivity index (χ2n) is 3.93. The van der Waals surface area contributed by atoms with Crippen molar-refractivity contribution in [1.82, 2.24) is 5.32 Å². The lowest BCUT2D eigenvalue weighted by Gasteiger charge is -2.12. The first-order chi connectivity index (χ1) is 7.16. The van der Waals surface area contributed by atoms with Crippen LogP contribution in [0.1, 0.15) is 45.4 Å². The monoisotopic (exact) mass is 217 g/mol. The van der Waals surface area contributed by atoms with Crippen LogP contribution in [-0.4, -0.2) is 35.4 Å². The zero-order valence-corrected chi connectivity index (χ0v) is 9.54. The summed E-state index contributed by atoms with van der Waals surface area (Å²) in [6.45, 7) is 3.30. The lowest BCUT2D eigenvalue weighted by molar-refractivity contribution is -0.137. The van der Waals surface area contributed by atoms with Crippen molar-refractivity contribution in [1.29, 1.82) is 0 Å². The molecule has 15 heavy (non-hydrogen) atoms. The normalized spacial score (nSPS) is 12.7. The van der Waals surface area contributed by atoms with Gasteiger partial charge in [-0.3, -0.25) is 4.79 Å². The number of unbranched alkanes of at least 4 members (excludes halogenated alkanes) is 2. The molecule has 0 amide bonds. The number of nitrogens with one attached hydrogen (secondary N) is 1. The molecule has 90 valence electrons. The minimum absolute atomic E-state index is 0.255. The number of carboxylic acid groups (broad SMARTS) is 1. The van der Waals surface area contributed by atoms with E-state index in [2.05, 4.69) is 12.2 Å². The molecule has 3 N–H and O–H groups in total. The number of hydrogen-bond donors (Lipinski definition) is 3. The van der Waals surface area contributed by atoms with Gasteiger partial charge >= 0.3 is 5.97 Å². The van der Waals surface area contributed by atoms with E-state index in [9.17, 15) is 4.79 Å². The summed E-state index contributed by atoms with van der Waals surface area (Å²) in [5.41, 5.74) is 0. The van der Waals surface area contributed by atoms with Crippen LogP contribution in [-0.2, 0) is 4.79 Å². The Hall–Kier alpha value is -0.610. The first-order valence-corrected chi connectivity index (χ1v) is 5.73. The standard InChI is InChI=1S/C11H23NO3/c1-10(6-5-9-13)12-8-4-2-3-7-11(14)15/h10,12-13H,2-9H2,1H3,(H,14,15). The third-order valence-electron chi connectivity index (χ3n) is 2.36. The van der Waals surface area contributed by atoms with Gasteiger partial charge in [-0.15, -0.1) is 0 Å². The summed E-state index contributed by atoms with van der Waals surface area (Å²) in [6.07, 6.45) is 4.86. The fourth-order valence-corrected chi connectivity index (χ4v) is 1.43. The summed E-state index contributed by atoms with van der Waals surface area (Å²) in [6, 6.07) is 0.441. The fourth-order valence-electron chi connectivity index (χ4n) is 1.43.